The summed E-state index contributed by atoms with van der Waals surface area (Å²) in [6.07, 6.45) is 1.59. The van der Waals surface area contributed by atoms with Crippen molar-refractivity contribution in [3.8, 4) is 11.5 Å². The van der Waals surface area contributed by atoms with Gasteiger partial charge in [0.15, 0.2) is 5.82 Å². The zero-order valence-electron chi connectivity index (χ0n) is 16.0. The number of para-hydroxylation sites is 1. The molecule has 0 saturated carbocycles. The van der Waals surface area contributed by atoms with E-state index in [0.717, 1.165) is 17.2 Å². The van der Waals surface area contributed by atoms with Crippen LogP contribution in [0, 0.1) is 6.92 Å². The lowest BCUT2D eigenvalue weighted by molar-refractivity contribution is 0.483. The standard InChI is InChI=1S/C23H21N5O/c1-17-6-5-7-18(14-17)15-24-23-27-22(16-25-28-23)26-19-10-12-21(13-11-19)29-20-8-3-2-4-9-20/h2-14,16H,15H2,1H3,(H2,24,26,27,28). The van der Waals surface area contributed by atoms with Crippen LogP contribution >= 0.6 is 0 Å². The minimum atomic E-state index is 0.473. The Bertz CT molecular complexity index is 1070. The first-order valence-electron chi connectivity index (χ1n) is 9.34. The molecule has 0 aliphatic heterocycles. The highest BCUT2D eigenvalue weighted by Gasteiger charge is 2.03. The van der Waals surface area contributed by atoms with E-state index >= 15 is 0 Å². The molecule has 0 fully saturated rings. The van der Waals surface area contributed by atoms with E-state index in [9.17, 15) is 0 Å². The van der Waals surface area contributed by atoms with Gasteiger partial charge in [-0.25, -0.2) is 0 Å². The lowest BCUT2D eigenvalue weighted by Crippen LogP contribution is -2.06. The second kappa shape index (κ2) is 8.84. The van der Waals surface area contributed by atoms with E-state index in [1.54, 1.807) is 6.20 Å². The van der Waals surface area contributed by atoms with Crippen LogP contribution in [0.3, 0.4) is 0 Å². The van der Waals surface area contributed by atoms with E-state index in [0.29, 0.717) is 18.3 Å². The second-order valence-corrected chi connectivity index (χ2v) is 6.57. The zero-order valence-corrected chi connectivity index (χ0v) is 16.0. The summed E-state index contributed by atoms with van der Waals surface area (Å²) in [7, 11) is 0. The van der Waals surface area contributed by atoms with Crippen molar-refractivity contribution in [3.63, 3.8) is 0 Å². The van der Waals surface area contributed by atoms with Crippen LogP contribution in [0.15, 0.2) is 85.1 Å². The first-order chi connectivity index (χ1) is 14.2. The minimum Gasteiger partial charge on any atom is -0.457 e. The SMILES string of the molecule is Cc1cccc(CNc2nncc(Nc3ccc(Oc4ccccc4)cc3)n2)c1. The van der Waals surface area contributed by atoms with Crippen molar-refractivity contribution in [1.82, 2.24) is 15.2 Å². The number of rotatable bonds is 7. The first kappa shape index (κ1) is 18.4. The number of nitrogens with one attached hydrogen (secondary N) is 2. The van der Waals surface area contributed by atoms with Gasteiger partial charge in [0.25, 0.3) is 0 Å². The Morgan fingerprint density at radius 2 is 1.66 bits per heavy atom. The highest BCUT2D eigenvalue weighted by Crippen LogP contribution is 2.23. The van der Waals surface area contributed by atoms with E-state index < -0.39 is 0 Å². The van der Waals surface area contributed by atoms with Crippen LogP contribution in [0.1, 0.15) is 11.1 Å². The van der Waals surface area contributed by atoms with Gasteiger partial charge in [-0.1, -0.05) is 48.0 Å². The van der Waals surface area contributed by atoms with E-state index in [4.69, 9.17) is 4.74 Å². The normalized spacial score (nSPS) is 10.4. The molecule has 1 heterocycles. The van der Waals surface area contributed by atoms with E-state index in [1.165, 1.54) is 11.1 Å². The summed E-state index contributed by atoms with van der Waals surface area (Å²) in [5.74, 6) is 2.66. The van der Waals surface area contributed by atoms with Crippen molar-refractivity contribution in [2.24, 2.45) is 0 Å². The van der Waals surface area contributed by atoms with Crippen molar-refractivity contribution in [2.45, 2.75) is 13.5 Å². The topological polar surface area (TPSA) is 72.0 Å². The van der Waals surface area contributed by atoms with Crippen molar-refractivity contribution < 1.29 is 4.74 Å². The predicted molar refractivity (Wildman–Crippen MR) is 115 cm³/mol. The molecule has 29 heavy (non-hydrogen) atoms. The fraction of sp³-hybridized carbons (Fsp3) is 0.0870. The summed E-state index contributed by atoms with van der Waals surface area (Å²) in [6.45, 7) is 2.71. The summed E-state index contributed by atoms with van der Waals surface area (Å²) < 4.78 is 5.81. The van der Waals surface area contributed by atoms with Gasteiger partial charge in [0, 0.05) is 12.2 Å². The molecule has 0 amide bonds. The molecule has 0 saturated heterocycles. The van der Waals surface area contributed by atoms with Gasteiger partial charge in [0.1, 0.15) is 11.5 Å². The highest BCUT2D eigenvalue weighted by atomic mass is 16.5. The average Bonchev–Trinajstić information content (AvgIpc) is 2.75. The van der Waals surface area contributed by atoms with Gasteiger partial charge in [0.2, 0.25) is 5.95 Å². The molecule has 6 nitrogen and oxygen atoms in total. The minimum absolute atomic E-state index is 0.473. The van der Waals surface area contributed by atoms with E-state index in [-0.39, 0.29) is 0 Å². The number of benzene rings is 3. The molecule has 4 aromatic rings. The van der Waals surface area contributed by atoms with Crippen molar-refractivity contribution in [3.05, 3.63) is 96.2 Å². The van der Waals surface area contributed by atoms with Crippen LogP contribution in [0.4, 0.5) is 17.5 Å². The van der Waals surface area contributed by atoms with Crippen molar-refractivity contribution in [1.29, 1.82) is 0 Å². The average molecular weight is 383 g/mol. The lowest BCUT2D eigenvalue weighted by Gasteiger charge is -2.09. The third kappa shape index (κ3) is 5.29. The molecule has 0 atom stereocenters. The maximum absolute atomic E-state index is 5.81. The second-order valence-electron chi connectivity index (χ2n) is 6.57. The number of ether oxygens (including phenoxy) is 1. The summed E-state index contributed by atoms with van der Waals surface area (Å²) in [4.78, 5) is 4.47. The van der Waals surface area contributed by atoms with Gasteiger partial charge < -0.3 is 15.4 Å². The van der Waals surface area contributed by atoms with E-state index in [1.807, 2.05) is 60.7 Å². The summed E-state index contributed by atoms with van der Waals surface area (Å²) >= 11 is 0. The largest absolute Gasteiger partial charge is 0.457 e. The van der Waals surface area contributed by atoms with Gasteiger partial charge >= 0.3 is 0 Å². The number of hydrogen-bond donors (Lipinski definition) is 2. The van der Waals surface area contributed by atoms with Gasteiger partial charge in [-0.3, -0.25) is 0 Å². The van der Waals surface area contributed by atoms with Crippen LogP contribution in [0.25, 0.3) is 0 Å². The maximum atomic E-state index is 5.81. The zero-order chi connectivity index (χ0) is 19.9. The molecule has 4 rings (SSSR count). The molecular formula is C23H21N5O. The Labute approximate surface area is 169 Å². The fourth-order valence-electron chi connectivity index (χ4n) is 2.82. The van der Waals surface area contributed by atoms with Gasteiger partial charge in [0.05, 0.1) is 6.20 Å². The molecule has 144 valence electrons. The number of aromatic nitrogens is 3. The smallest absolute Gasteiger partial charge is 0.244 e. The van der Waals surface area contributed by atoms with Crippen LogP contribution in [0.5, 0.6) is 11.5 Å². The molecule has 0 aliphatic rings. The summed E-state index contributed by atoms with van der Waals surface area (Å²) in [6, 6.07) is 25.7. The number of nitrogens with zero attached hydrogens (tertiary/aromatic N) is 3. The van der Waals surface area contributed by atoms with Crippen LogP contribution in [-0.2, 0) is 6.54 Å². The van der Waals surface area contributed by atoms with Gasteiger partial charge in [-0.05, 0) is 48.9 Å². The molecule has 3 aromatic carbocycles. The third-order valence-electron chi connectivity index (χ3n) is 4.20. The summed E-state index contributed by atoms with van der Waals surface area (Å²) in [5.41, 5.74) is 3.27. The Morgan fingerprint density at radius 1 is 0.862 bits per heavy atom. The fourth-order valence-corrected chi connectivity index (χ4v) is 2.82. The highest BCUT2D eigenvalue weighted by molar-refractivity contribution is 5.57. The summed E-state index contributed by atoms with van der Waals surface area (Å²) in [5, 5.41) is 14.5. The Hall–Kier alpha value is -3.93. The maximum Gasteiger partial charge on any atom is 0.244 e. The number of aryl methyl sites for hydroxylation is 1. The molecule has 6 heteroatoms. The first-order valence-corrected chi connectivity index (χ1v) is 9.34. The van der Waals surface area contributed by atoms with Crippen LogP contribution < -0.4 is 15.4 Å². The lowest BCUT2D eigenvalue weighted by atomic mass is 10.1. The predicted octanol–water partition coefficient (Wildman–Crippen LogP) is 5.33. The molecule has 2 N–H and O–H groups in total. The van der Waals surface area contributed by atoms with Crippen molar-refractivity contribution >= 4 is 17.5 Å². The van der Waals surface area contributed by atoms with Crippen molar-refractivity contribution in [2.75, 3.05) is 10.6 Å². The molecule has 0 spiro atoms. The molecule has 0 unspecified atom stereocenters. The molecular weight excluding hydrogens is 362 g/mol. The molecule has 1 aromatic heterocycles. The van der Waals surface area contributed by atoms with Crippen LogP contribution in [-0.4, -0.2) is 15.2 Å². The third-order valence-corrected chi connectivity index (χ3v) is 4.20. The van der Waals surface area contributed by atoms with Crippen LogP contribution in [0.2, 0.25) is 0 Å². The quantitative estimate of drug-likeness (QED) is 0.449. The molecule has 0 radical (unpaired) electrons. The molecule has 0 bridgehead atoms. The van der Waals surface area contributed by atoms with Gasteiger partial charge in [-0.2, -0.15) is 10.1 Å². The number of anilines is 3. The van der Waals surface area contributed by atoms with E-state index in [2.05, 4.69) is 50.9 Å². The molecule has 0 aliphatic carbocycles. The number of hydrogen-bond acceptors (Lipinski definition) is 6. The monoisotopic (exact) mass is 383 g/mol. The Morgan fingerprint density at radius 3 is 2.45 bits per heavy atom. The van der Waals surface area contributed by atoms with Gasteiger partial charge in [-0.15, -0.1) is 5.10 Å². The Kier molecular flexibility index (Phi) is 5.62. The Balaban J connectivity index is 1.37.